The molecule has 0 amide bonds. The number of methoxy groups -OCH3 is 1. The van der Waals surface area contributed by atoms with E-state index in [1.165, 1.54) is 0 Å². The maximum atomic E-state index is 5.67. The average Bonchev–Trinajstić information content (AvgIpc) is 2.49. The minimum absolute atomic E-state index is 0.268. The molecule has 3 nitrogen and oxygen atoms in total. The molecule has 1 saturated heterocycles. The van der Waals surface area contributed by atoms with Crippen molar-refractivity contribution in [3.05, 3.63) is 0 Å². The Labute approximate surface area is 87.2 Å². The minimum atomic E-state index is 0.268. The Morgan fingerprint density at radius 1 is 1.64 bits per heavy atom. The lowest BCUT2D eigenvalue weighted by Crippen LogP contribution is -2.40. The van der Waals surface area contributed by atoms with Gasteiger partial charge >= 0.3 is 0 Å². The normalized spacial score (nSPS) is 34.7. The lowest BCUT2D eigenvalue weighted by atomic mass is 9.77. The van der Waals surface area contributed by atoms with E-state index in [9.17, 15) is 0 Å². The van der Waals surface area contributed by atoms with Gasteiger partial charge in [-0.25, -0.2) is 0 Å². The molecule has 1 fully saturated rings. The summed E-state index contributed by atoms with van der Waals surface area (Å²) in [5.74, 6) is 0. The second-order valence-electron chi connectivity index (χ2n) is 4.41. The summed E-state index contributed by atoms with van der Waals surface area (Å²) in [6, 6.07) is 0. The summed E-state index contributed by atoms with van der Waals surface area (Å²) < 4.78 is 11.0. The van der Waals surface area contributed by atoms with E-state index in [1.807, 2.05) is 7.05 Å². The fraction of sp³-hybridized carbons (Fsp3) is 1.00. The van der Waals surface area contributed by atoms with Gasteiger partial charge in [-0.3, -0.25) is 0 Å². The highest BCUT2D eigenvalue weighted by atomic mass is 16.5. The minimum Gasteiger partial charge on any atom is -0.382 e. The van der Waals surface area contributed by atoms with E-state index in [0.717, 1.165) is 26.0 Å². The Morgan fingerprint density at radius 3 is 2.79 bits per heavy atom. The Hall–Kier alpha value is -0.120. The van der Waals surface area contributed by atoms with E-state index in [2.05, 4.69) is 19.2 Å². The van der Waals surface area contributed by atoms with E-state index in [-0.39, 0.29) is 5.41 Å². The van der Waals surface area contributed by atoms with Gasteiger partial charge in [0.25, 0.3) is 0 Å². The van der Waals surface area contributed by atoms with Crippen molar-refractivity contribution >= 4 is 0 Å². The quantitative estimate of drug-likeness (QED) is 0.730. The molecule has 3 atom stereocenters. The third kappa shape index (κ3) is 2.47. The standard InChI is InChI=1S/C11H23NO2/c1-9(13-4)7-11(8-12-3)5-6-14-10(11)2/h9-10,12H,5-8H2,1-4H3. The van der Waals surface area contributed by atoms with Crippen molar-refractivity contribution in [2.45, 2.75) is 38.9 Å². The van der Waals surface area contributed by atoms with Crippen LogP contribution in [0.5, 0.6) is 0 Å². The van der Waals surface area contributed by atoms with Gasteiger partial charge in [-0.2, -0.15) is 0 Å². The van der Waals surface area contributed by atoms with Gasteiger partial charge in [0.2, 0.25) is 0 Å². The van der Waals surface area contributed by atoms with Crippen molar-refractivity contribution in [2.24, 2.45) is 5.41 Å². The van der Waals surface area contributed by atoms with Gasteiger partial charge in [-0.15, -0.1) is 0 Å². The van der Waals surface area contributed by atoms with Crippen LogP contribution >= 0.6 is 0 Å². The summed E-state index contributed by atoms with van der Waals surface area (Å²) in [6.45, 7) is 6.20. The zero-order valence-electron chi connectivity index (χ0n) is 9.80. The average molecular weight is 201 g/mol. The van der Waals surface area contributed by atoms with Crippen LogP contribution in [0, 0.1) is 5.41 Å². The van der Waals surface area contributed by atoms with E-state index >= 15 is 0 Å². The summed E-state index contributed by atoms with van der Waals surface area (Å²) in [6.07, 6.45) is 2.87. The molecule has 1 aliphatic heterocycles. The van der Waals surface area contributed by atoms with Gasteiger partial charge in [0.05, 0.1) is 12.2 Å². The predicted octanol–water partition coefficient (Wildman–Crippen LogP) is 1.43. The Kier molecular flexibility index (Phi) is 4.35. The molecule has 1 rings (SSSR count). The lowest BCUT2D eigenvalue weighted by molar-refractivity contribution is 0.0166. The zero-order chi connectivity index (χ0) is 10.6. The van der Waals surface area contributed by atoms with Gasteiger partial charge < -0.3 is 14.8 Å². The first-order valence-corrected chi connectivity index (χ1v) is 5.43. The van der Waals surface area contributed by atoms with Crippen LogP contribution in [-0.4, -0.2) is 39.5 Å². The van der Waals surface area contributed by atoms with Gasteiger partial charge in [0.15, 0.2) is 0 Å². The molecule has 84 valence electrons. The number of nitrogens with one attached hydrogen (secondary N) is 1. The van der Waals surface area contributed by atoms with Crippen LogP contribution < -0.4 is 5.32 Å². The van der Waals surface area contributed by atoms with E-state index in [1.54, 1.807) is 7.11 Å². The fourth-order valence-corrected chi connectivity index (χ4v) is 2.40. The van der Waals surface area contributed by atoms with Crippen molar-refractivity contribution in [1.82, 2.24) is 5.32 Å². The van der Waals surface area contributed by atoms with Crippen LogP contribution in [0.25, 0.3) is 0 Å². The summed E-state index contributed by atoms with van der Waals surface area (Å²) in [4.78, 5) is 0. The molecule has 1 heterocycles. The molecule has 14 heavy (non-hydrogen) atoms. The van der Waals surface area contributed by atoms with Crippen LogP contribution in [0.4, 0.5) is 0 Å². The third-order valence-electron chi connectivity index (χ3n) is 3.46. The van der Waals surface area contributed by atoms with E-state index in [4.69, 9.17) is 9.47 Å². The van der Waals surface area contributed by atoms with Crippen LogP contribution in [0.1, 0.15) is 26.7 Å². The smallest absolute Gasteiger partial charge is 0.0617 e. The molecule has 0 aromatic rings. The molecule has 0 spiro atoms. The molecule has 0 bridgehead atoms. The molecule has 3 unspecified atom stereocenters. The van der Waals surface area contributed by atoms with Crippen LogP contribution in [0.2, 0.25) is 0 Å². The molecule has 3 heteroatoms. The van der Waals surface area contributed by atoms with Crippen LogP contribution in [0.15, 0.2) is 0 Å². The maximum absolute atomic E-state index is 5.67. The number of hydrogen-bond acceptors (Lipinski definition) is 3. The summed E-state index contributed by atoms with van der Waals surface area (Å²) >= 11 is 0. The van der Waals surface area contributed by atoms with Crippen LogP contribution in [0.3, 0.4) is 0 Å². The van der Waals surface area contributed by atoms with Gasteiger partial charge in [-0.05, 0) is 33.7 Å². The van der Waals surface area contributed by atoms with Gasteiger partial charge in [0, 0.05) is 25.7 Å². The number of rotatable bonds is 5. The predicted molar refractivity (Wildman–Crippen MR) is 57.5 cm³/mol. The molecule has 0 aliphatic carbocycles. The van der Waals surface area contributed by atoms with Gasteiger partial charge in [-0.1, -0.05) is 0 Å². The largest absolute Gasteiger partial charge is 0.382 e. The molecule has 0 saturated carbocycles. The molecule has 0 aromatic heterocycles. The Bertz CT molecular complexity index is 175. The van der Waals surface area contributed by atoms with E-state index in [0.29, 0.717) is 12.2 Å². The monoisotopic (exact) mass is 201 g/mol. The molecular formula is C11H23NO2. The Balaban J connectivity index is 2.61. The maximum Gasteiger partial charge on any atom is 0.0617 e. The number of hydrogen-bond donors (Lipinski definition) is 1. The molecule has 1 aliphatic rings. The van der Waals surface area contributed by atoms with Crippen molar-refractivity contribution in [1.29, 1.82) is 0 Å². The molecule has 1 N–H and O–H groups in total. The van der Waals surface area contributed by atoms with Crippen molar-refractivity contribution in [3.63, 3.8) is 0 Å². The first kappa shape index (κ1) is 12.0. The lowest BCUT2D eigenvalue weighted by Gasteiger charge is -2.34. The SMILES string of the molecule is CNCC1(CC(C)OC)CCOC1C. The first-order chi connectivity index (χ1) is 6.64. The highest BCUT2D eigenvalue weighted by Crippen LogP contribution is 2.39. The highest BCUT2D eigenvalue weighted by molar-refractivity contribution is 4.92. The fourth-order valence-electron chi connectivity index (χ4n) is 2.40. The van der Waals surface area contributed by atoms with Crippen molar-refractivity contribution < 1.29 is 9.47 Å². The van der Waals surface area contributed by atoms with Crippen LogP contribution in [-0.2, 0) is 9.47 Å². The highest BCUT2D eigenvalue weighted by Gasteiger charge is 2.41. The Morgan fingerprint density at radius 2 is 2.36 bits per heavy atom. The summed E-state index contributed by atoms with van der Waals surface area (Å²) in [7, 11) is 3.78. The summed E-state index contributed by atoms with van der Waals surface area (Å²) in [5, 5.41) is 3.27. The molecular weight excluding hydrogens is 178 g/mol. The van der Waals surface area contributed by atoms with Crippen molar-refractivity contribution in [2.75, 3.05) is 27.3 Å². The number of ether oxygens (including phenoxy) is 2. The second-order valence-corrected chi connectivity index (χ2v) is 4.41. The topological polar surface area (TPSA) is 30.5 Å². The first-order valence-electron chi connectivity index (χ1n) is 5.43. The molecule has 0 radical (unpaired) electrons. The summed E-state index contributed by atoms with van der Waals surface area (Å²) in [5.41, 5.74) is 0.268. The zero-order valence-corrected chi connectivity index (χ0v) is 9.80. The third-order valence-corrected chi connectivity index (χ3v) is 3.46. The van der Waals surface area contributed by atoms with E-state index < -0.39 is 0 Å². The van der Waals surface area contributed by atoms with Crippen molar-refractivity contribution in [3.8, 4) is 0 Å². The van der Waals surface area contributed by atoms with Gasteiger partial charge in [0.1, 0.15) is 0 Å². The second kappa shape index (κ2) is 5.10. The molecule has 0 aromatic carbocycles.